The van der Waals surface area contributed by atoms with Crippen LogP contribution in [0.5, 0.6) is 17.2 Å². The molecule has 0 saturated carbocycles. The SMILES string of the molecule is CCOc1cc2c(cc1OC)C(c1ccc(C(=O)NC(=N)N3CCN(c4ccccc4OC)CC3)cc1)=N[C@@H]1CCN(C)C[C@H]21. The van der Waals surface area contributed by atoms with E-state index < -0.39 is 0 Å². The highest BCUT2D eigenvalue weighted by Crippen LogP contribution is 2.42. The second-order valence-corrected chi connectivity index (χ2v) is 11.8. The molecule has 3 aromatic rings. The van der Waals surface area contributed by atoms with Gasteiger partial charge in [-0.3, -0.25) is 20.5 Å². The Kier molecular flexibility index (Phi) is 8.93. The average Bonchev–Trinajstić information content (AvgIpc) is 3.08. The number of guanidine groups is 1. The fraction of sp³-hybridized carbons (Fsp3) is 0.400. The van der Waals surface area contributed by atoms with Gasteiger partial charge in [-0.05, 0) is 68.9 Å². The molecule has 2 N–H and O–H groups in total. The number of aliphatic imine (C=N–C) groups is 1. The molecule has 3 aromatic carbocycles. The highest BCUT2D eigenvalue weighted by atomic mass is 16.5. The van der Waals surface area contributed by atoms with E-state index >= 15 is 0 Å². The Bertz CT molecular complexity index is 1580. The Hall–Kier alpha value is -4.57. The van der Waals surface area contributed by atoms with Crippen molar-refractivity contribution in [3.63, 3.8) is 0 Å². The predicted octanol–water partition coefficient (Wildman–Crippen LogP) is 4.23. The Morgan fingerprint density at radius 1 is 0.956 bits per heavy atom. The number of amides is 1. The van der Waals surface area contributed by atoms with Crippen LogP contribution in [-0.4, -0.2) is 101 Å². The first-order valence-electron chi connectivity index (χ1n) is 15.6. The zero-order valence-electron chi connectivity index (χ0n) is 26.5. The second kappa shape index (κ2) is 13.2. The van der Waals surface area contributed by atoms with Crippen LogP contribution in [0.1, 0.15) is 46.3 Å². The lowest BCUT2D eigenvalue weighted by atomic mass is 9.79. The highest BCUT2D eigenvalue weighted by Gasteiger charge is 2.36. The van der Waals surface area contributed by atoms with E-state index in [0.717, 1.165) is 66.6 Å². The number of para-hydroxylation sites is 2. The number of ether oxygens (including phenoxy) is 3. The third-order valence-electron chi connectivity index (χ3n) is 9.04. The number of methoxy groups -OCH3 is 2. The van der Waals surface area contributed by atoms with Gasteiger partial charge >= 0.3 is 0 Å². The molecule has 0 unspecified atom stereocenters. The summed E-state index contributed by atoms with van der Waals surface area (Å²) in [5.74, 6) is 2.36. The van der Waals surface area contributed by atoms with Crippen LogP contribution in [0.15, 0.2) is 65.7 Å². The molecule has 2 saturated heterocycles. The van der Waals surface area contributed by atoms with E-state index in [4.69, 9.17) is 24.6 Å². The molecule has 0 aliphatic carbocycles. The van der Waals surface area contributed by atoms with Crippen molar-refractivity contribution >= 4 is 23.3 Å². The fourth-order valence-corrected chi connectivity index (χ4v) is 6.64. The number of rotatable bonds is 7. The number of likely N-dealkylation sites (N-methyl/N-ethyl adjacent to an activating group) is 1. The normalized spacial score (nSPS) is 19.6. The summed E-state index contributed by atoms with van der Waals surface area (Å²) >= 11 is 0. The number of nitrogens with one attached hydrogen (secondary N) is 2. The van der Waals surface area contributed by atoms with Crippen LogP contribution in [0, 0.1) is 5.41 Å². The Labute approximate surface area is 265 Å². The third kappa shape index (κ3) is 6.20. The van der Waals surface area contributed by atoms with Crippen molar-refractivity contribution in [2.75, 3.05) is 72.0 Å². The van der Waals surface area contributed by atoms with E-state index in [1.165, 1.54) is 5.56 Å². The number of piperazine rings is 1. The molecular weight excluding hydrogens is 568 g/mol. The van der Waals surface area contributed by atoms with Crippen LogP contribution >= 0.6 is 0 Å². The minimum atomic E-state index is -0.303. The van der Waals surface area contributed by atoms with Crippen LogP contribution in [0.25, 0.3) is 0 Å². The summed E-state index contributed by atoms with van der Waals surface area (Å²) in [7, 11) is 5.49. The number of nitrogens with zero attached hydrogens (tertiary/aromatic N) is 4. The smallest absolute Gasteiger partial charge is 0.257 e. The molecule has 2 atom stereocenters. The molecule has 10 nitrogen and oxygen atoms in total. The molecule has 3 heterocycles. The minimum absolute atomic E-state index is 0.111. The number of likely N-dealkylation sites (tertiary alicyclic amines) is 1. The van der Waals surface area contributed by atoms with Crippen LogP contribution in [-0.2, 0) is 0 Å². The number of hydrogen-bond donors (Lipinski definition) is 2. The first-order valence-corrected chi connectivity index (χ1v) is 15.6. The maximum atomic E-state index is 13.2. The summed E-state index contributed by atoms with van der Waals surface area (Å²) in [5.41, 5.74) is 5.65. The number of carbonyl (C=O) groups excluding carboxylic acids is 1. The standard InChI is InChI=1S/C35H42N6O4/c1-5-45-32-20-25-26(21-31(32)44-4)33(37-28-14-15-39(2)22-27(25)28)23-10-12-24(13-11-23)34(42)38-35(36)41-18-16-40(17-19-41)29-8-6-7-9-30(29)43-3/h6-13,20-21,27-28H,5,14-19,22H2,1-4H3,(H2,36,38,42)/t27-,28-/m1/s1. The first kappa shape index (κ1) is 30.5. The van der Waals surface area contributed by atoms with E-state index in [2.05, 4.69) is 28.2 Å². The first-order chi connectivity index (χ1) is 21.9. The minimum Gasteiger partial charge on any atom is -0.495 e. The summed E-state index contributed by atoms with van der Waals surface area (Å²) in [4.78, 5) is 25.0. The molecule has 0 bridgehead atoms. The van der Waals surface area contributed by atoms with Gasteiger partial charge in [0.25, 0.3) is 5.91 Å². The van der Waals surface area contributed by atoms with Crippen molar-refractivity contribution in [1.29, 1.82) is 5.41 Å². The van der Waals surface area contributed by atoms with E-state index in [9.17, 15) is 4.79 Å². The number of benzene rings is 3. The highest BCUT2D eigenvalue weighted by molar-refractivity contribution is 6.15. The topological polar surface area (TPSA) is 103 Å². The lowest BCUT2D eigenvalue weighted by molar-refractivity contribution is 0.0971. The Morgan fingerprint density at radius 3 is 2.40 bits per heavy atom. The van der Waals surface area contributed by atoms with Gasteiger partial charge in [-0.15, -0.1) is 0 Å². The summed E-state index contributed by atoms with van der Waals surface area (Å²) in [5, 5.41) is 11.4. The van der Waals surface area contributed by atoms with Gasteiger partial charge in [-0.25, -0.2) is 0 Å². The van der Waals surface area contributed by atoms with Gasteiger partial charge in [0.15, 0.2) is 17.5 Å². The Morgan fingerprint density at radius 2 is 1.69 bits per heavy atom. The Balaban J connectivity index is 1.16. The second-order valence-electron chi connectivity index (χ2n) is 11.8. The van der Waals surface area contributed by atoms with Crippen molar-refractivity contribution in [3.05, 3.63) is 82.9 Å². The number of anilines is 1. The molecule has 3 aliphatic rings. The van der Waals surface area contributed by atoms with Gasteiger partial charge in [0.05, 0.1) is 38.3 Å². The molecule has 2 fully saturated rings. The van der Waals surface area contributed by atoms with Gasteiger partial charge in [0.1, 0.15) is 5.75 Å². The lowest BCUT2D eigenvalue weighted by Crippen LogP contribution is -2.53. The van der Waals surface area contributed by atoms with Gasteiger partial charge in [-0.2, -0.15) is 0 Å². The van der Waals surface area contributed by atoms with Crippen LogP contribution < -0.4 is 24.4 Å². The zero-order valence-corrected chi connectivity index (χ0v) is 26.5. The van der Waals surface area contributed by atoms with E-state index in [1.807, 2.05) is 66.4 Å². The molecule has 0 spiro atoms. The van der Waals surface area contributed by atoms with Gasteiger partial charge < -0.3 is 28.9 Å². The quantitative estimate of drug-likeness (QED) is 0.305. The number of carbonyl (C=O) groups is 1. The molecule has 10 heteroatoms. The van der Waals surface area contributed by atoms with E-state index in [0.29, 0.717) is 31.0 Å². The number of piperidine rings is 1. The third-order valence-corrected chi connectivity index (χ3v) is 9.04. The molecule has 6 rings (SSSR count). The van der Waals surface area contributed by atoms with Gasteiger partial charge in [-0.1, -0.05) is 24.3 Å². The molecule has 3 aliphatic heterocycles. The summed E-state index contributed by atoms with van der Waals surface area (Å²) < 4.78 is 17.2. The van der Waals surface area contributed by atoms with E-state index in [-0.39, 0.29) is 23.8 Å². The molecule has 45 heavy (non-hydrogen) atoms. The molecular formula is C35H42N6O4. The van der Waals surface area contributed by atoms with Crippen molar-refractivity contribution in [1.82, 2.24) is 15.1 Å². The van der Waals surface area contributed by atoms with Crippen LogP contribution in [0.2, 0.25) is 0 Å². The molecule has 0 aromatic heterocycles. The van der Waals surface area contributed by atoms with Gasteiger partial charge in [0, 0.05) is 55.3 Å². The number of hydrogen-bond acceptors (Lipinski definition) is 8. The average molecular weight is 611 g/mol. The van der Waals surface area contributed by atoms with E-state index in [1.54, 1.807) is 14.2 Å². The number of fused-ring (bicyclic) bond motifs is 3. The molecule has 0 radical (unpaired) electrons. The summed E-state index contributed by atoms with van der Waals surface area (Å²) in [6.45, 7) is 7.19. The van der Waals surface area contributed by atoms with Gasteiger partial charge in [0.2, 0.25) is 0 Å². The molecule has 236 valence electrons. The maximum Gasteiger partial charge on any atom is 0.257 e. The van der Waals surface area contributed by atoms with Crippen LogP contribution in [0.4, 0.5) is 5.69 Å². The maximum absolute atomic E-state index is 13.2. The monoisotopic (exact) mass is 610 g/mol. The van der Waals surface area contributed by atoms with Crippen molar-refractivity contribution in [2.24, 2.45) is 4.99 Å². The van der Waals surface area contributed by atoms with Crippen LogP contribution in [0.3, 0.4) is 0 Å². The summed E-state index contributed by atoms with van der Waals surface area (Å²) in [6, 6.07) is 19.8. The zero-order chi connectivity index (χ0) is 31.5. The largest absolute Gasteiger partial charge is 0.495 e. The van der Waals surface area contributed by atoms with Crippen molar-refractivity contribution in [2.45, 2.75) is 25.3 Å². The fourth-order valence-electron chi connectivity index (χ4n) is 6.64. The van der Waals surface area contributed by atoms with Crippen molar-refractivity contribution in [3.8, 4) is 17.2 Å². The molecule has 1 amide bonds. The summed E-state index contributed by atoms with van der Waals surface area (Å²) in [6.07, 6.45) is 0.982. The lowest BCUT2D eigenvalue weighted by Gasteiger charge is -2.39. The predicted molar refractivity (Wildman–Crippen MR) is 177 cm³/mol. The van der Waals surface area contributed by atoms with Crippen molar-refractivity contribution < 1.29 is 19.0 Å².